The summed E-state index contributed by atoms with van der Waals surface area (Å²) in [7, 11) is -0.586. The highest BCUT2D eigenvalue weighted by Gasteiger charge is 2.34. The molecule has 0 spiro atoms. The van der Waals surface area contributed by atoms with Crippen LogP contribution in [-0.2, 0) is 10.0 Å². The predicted octanol–water partition coefficient (Wildman–Crippen LogP) is 1.34. The second kappa shape index (κ2) is 7.24. The maximum Gasteiger partial charge on any atom is 0.243 e. The summed E-state index contributed by atoms with van der Waals surface area (Å²) in [6.45, 7) is 0.640. The summed E-state index contributed by atoms with van der Waals surface area (Å²) in [5.41, 5.74) is 0. The van der Waals surface area contributed by atoms with Gasteiger partial charge in [-0.15, -0.1) is 10.2 Å². The van der Waals surface area contributed by atoms with Crippen molar-refractivity contribution in [2.24, 2.45) is 0 Å². The zero-order valence-electron chi connectivity index (χ0n) is 14.0. The first-order valence-electron chi connectivity index (χ1n) is 7.71. The zero-order chi connectivity index (χ0) is 17.9. The fraction of sp³-hybridized carbons (Fsp3) is 0.375. The van der Waals surface area contributed by atoms with Crippen LogP contribution in [0, 0.1) is 0 Å². The van der Waals surface area contributed by atoms with Gasteiger partial charge in [-0.25, -0.2) is 8.42 Å². The van der Waals surface area contributed by atoms with Crippen molar-refractivity contribution in [2.45, 2.75) is 17.4 Å². The Bertz CT molecular complexity index is 826. The minimum atomic E-state index is -3.59. The van der Waals surface area contributed by atoms with Crippen LogP contribution in [0.3, 0.4) is 0 Å². The highest BCUT2D eigenvalue weighted by atomic mass is 32.2. The van der Waals surface area contributed by atoms with E-state index in [1.165, 1.54) is 24.6 Å². The number of nitrogens with zero attached hydrogens (tertiary/aromatic N) is 3. The van der Waals surface area contributed by atoms with Gasteiger partial charge in [-0.3, -0.25) is 0 Å². The third-order valence-electron chi connectivity index (χ3n) is 3.90. The monoisotopic (exact) mass is 365 g/mol. The van der Waals surface area contributed by atoms with Gasteiger partial charge in [0, 0.05) is 24.7 Å². The lowest BCUT2D eigenvalue weighted by atomic mass is 10.3. The first kappa shape index (κ1) is 17.4. The molecule has 2 aromatic rings. The summed E-state index contributed by atoms with van der Waals surface area (Å²) < 4.78 is 42.7. The average molecular weight is 365 g/mol. The molecule has 0 saturated carbocycles. The van der Waals surface area contributed by atoms with Crippen LogP contribution >= 0.6 is 0 Å². The highest BCUT2D eigenvalue weighted by molar-refractivity contribution is 7.89. The molecule has 25 heavy (non-hydrogen) atoms. The number of ether oxygens (including phenoxy) is 3. The molecule has 1 aliphatic rings. The van der Waals surface area contributed by atoms with E-state index in [0.717, 1.165) is 0 Å². The Labute approximate surface area is 146 Å². The predicted molar refractivity (Wildman–Crippen MR) is 89.4 cm³/mol. The molecule has 1 fully saturated rings. The standard InChI is InChI=1S/C16H19N3O5S/c1-22-12-4-3-5-14(10-12)25(20,21)19-9-8-13(11-19)24-16-7-6-15(23-2)17-18-16/h3-7,10,13H,8-9,11H2,1-2H3. The Morgan fingerprint density at radius 1 is 1.08 bits per heavy atom. The maximum atomic E-state index is 12.8. The Morgan fingerprint density at radius 2 is 1.84 bits per heavy atom. The van der Waals surface area contributed by atoms with Crippen LogP contribution in [0.25, 0.3) is 0 Å². The Morgan fingerprint density at radius 3 is 2.52 bits per heavy atom. The molecule has 0 amide bonds. The maximum absolute atomic E-state index is 12.8. The molecule has 0 N–H and O–H groups in total. The van der Waals surface area contributed by atoms with Crippen molar-refractivity contribution in [3.63, 3.8) is 0 Å². The van der Waals surface area contributed by atoms with Gasteiger partial charge < -0.3 is 14.2 Å². The number of aromatic nitrogens is 2. The SMILES string of the molecule is COc1cccc(S(=O)(=O)N2CCC(Oc3ccc(OC)nn3)C2)c1. The molecular weight excluding hydrogens is 346 g/mol. The van der Waals surface area contributed by atoms with Crippen LogP contribution in [0.5, 0.6) is 17.5 Å². The quantitative estimate of drug-likeness (QED) is 0.763. The van der Waals surface area contributed by atoms with E-state index >= 15 is 0 Å². The minimum Gasteiger partial charge on any atom is -0.497 e. The van der Waals surface area contributed by atoms with Gasteiger partial charge in [-0.05, 0) is 18.6 Å². The zero-order valence-corrected chi connectivity index (χ0v) is 14.8. The van der Waals surface area contributed by atoms with Gasteiger partial charge in [-0.1, -0.05) is 6.07 Å². The number of sulfonamides is 1. The van der Waals surface area contributed by atoms with Crippen LogP contribution in [0.15, 0.2) is 41.3 Å². The Kier molecular flexibility index (Phi) is 5.05. The minimum absolute atomic E-state index is 0.205. The molecule has 2 heterocycles. The van der Waals surface area contributed by atoms with Crippen LogP contribution in [0.4, 0.5) is 0 Å². The lowest BCUT2D eigenvalue weighted by molar-refractivity contribution is 0.203. The van der Waals surface area contributed by atoms with Crippen molar-refractivity contribution in [1.82, 2.24) is 14.5 Å². The molecule has 1 unspecified atom stereocenters. The van der Waals surface area contributed by atoms with Gasteiger partial charge >= 0.3 is 0 Å². The molecule has 0 aliphatic carbocycles. The van der Waals surface area contributed by atoms with Gasteiger partial charge in [0.1, 0.15) is 11.9 Å². The molecule has 134 valence electrons. The molecule has 9 heteroatoms. The van der Waals surface area contributed by atoms with E-state index in [0.29, 0.717) is 30.5 Å². The van der Waals surface area contributed by atoms with Crippen LogP contribution < -0.4 is 14.2 Å². The van der Waals surface area contributed by atoms with E-state index in [-0.39, 0.29) is 17.5 Å². The Balaban J connectivity index is 1.68. The van der Waals surface area contributed by atoms with Crippen molar-refractivity contribution in [3.05, 3.63) is 36.4 Å². The van der Waals surface area contributed by atoms with Gasteiger partial charge in [-0.2, -0.15) is 4.31 Å². The number of benzene rings is 1. The lowest BCUT2D eigenvalue weighted by Crippen LogP contribution is -2.31. The summed E-state index contributed by atoms with van der Waals surface area (Å²) in [5, 5.41) is 7.73. The largest absolute Gasteiger partial charge is 0.497 e. The fourth-order valence-electron chi connectivity index (χ4n) is 2.57. The second-order valence-electron chi connectivity index (χ2n) is 5.48. The van der Waals surface area contributed by atoms with Crippen molar-refractivity contribution >= 4 is 10.0 Å². The normalized spacial score (nSPS) is 18.1. The molecule has 1 aromatic carbocycles. The number of hydrogen-bond acceptors (Lipinski definition) is 7. The van der Waals surface area contributed by atoms with Crippen molar-refractivity contribution in [3.8, 4) is 17.5 Å². The fourth-order valence-corrected chi connectivity index (χ4v) is 4.10. The Hall–Kier alpha value is -2.39. The average Bonchev–Trinajstić information content (AvgIpc) is 3.12. The van der Waals surface area contributed by atoms with Gasteiger partial charge in [0.2, 0.25) is 21.8 Å². The van der Waals surface area contributed by atoms with Crippen molar-refractivity contribution in [2.75, 3.05) is 27.3 Å². The number of hydrogen-bond donors (Lipinski definition) is 0. The lowest BCUT2D eigenvalue weighted by Gasteiger charge is -2.17. The third-order valence-corrected chi connectivity index (χ3v) is 5.76. The second-order valence-corrected chi connectivity index (χ2v) is 7.42. The number of rotatable bonds is 6. The summed E-state index contributed by atoms with van der Waals surface area (Å²) in [5.74, 6) is 1.23. The van der Waals surface area contributed by atoms with Crippen LogP contribution in [0.2, 0.25) is 0 Å². The van der Waals surface area contributed by atoms with E-state index in [1.54, 1.807) is 30.3 Å². The van der Waals surface area contributed by atoms with E-state index in [4.69, 9.17) is 14.2 Å². The molecular formula is C16H19N3O5S. The summed E-state index contributed by atoms with van der Waals surface area (Å²) >= 11 is 0. The number of methoxy groups -OCH3 is 2. The molecule has 0 radical (unpaired) electrons. The van der Waals surface area contributed by atoms with Crippen LogP contribution in [0.1, 0.15) is 6.42 Å². The first-order chi connectivity index (χ1) is 12.0. The van der Waals surface area contributed by atoms with Gasteiger partial charge in [0.05, 0.1) is 25.7 Å². The summed E-state index contributed by atoms with van der Waals surface area (Å²) in [6.07, 6.45) is 0.305. The molecule has 1 atom stereocenters. The van der Waals surface area contributed by atoms with Crippen LogP contribution in [-0.4, -0.2) is 56.3 Å². The molecule has 8 nitrogen and oxygen atoms in total. The smallest absolute Gasteiger partial charge is 0.243 e. The highest BCUT2D eigenvalue weighted by Crippen LogP contribution is 2.25. The molecule has 0 bridgehead atoms. The van der Waals surface area contributed by atoms with Crippen molar-refractivity contribution in [1.29, 1.82) is 0 Å². The van der Waals surface area contributed by atoms with E-state index in [1.807, 2.05) is 0 Å². The van der Waals surface area contributed by atoms with Gasteiger partial charge in [0.25, 0.3) is 0 Å². The summed E-state index contributed by atoms with van der Waals surface area (Å²) in [4.78, 5) is 0.205. The third kappa shape index (κ3) is 3.83. The topological polar surface area (TPSA) is 90.9 Å². The van der Waals surface area contributed by atoms with E-state index in [2.05, 4.69) is 10.2 Å². The molecule has 1 saturated heterocycles. The van der Waals surface area contributed by atoms with Crippen molar-refractivity contribution < 1.29 is 22.6 Å². The molecule has 1 aliphatic heterocycles. The summed E-state index contributed by atoms with van der Waals surface area (Å²) in [6, 6.07) is 9.71. The van der Waals surface area contributed by atoms with E-state index in [9.17, 15) is 8.42 Å². The van der Waals surface area contributed by atoms with Gasteiger partial charge in [0.15, 0.2) is 0 Å². The first-order valence-corrected chi connectivity index (χ1v) is 9.15. The molecule has 1 aromatic heterocycles. The van der Waals surface area contributed by atoms with E-state index < -0.39 is 10.0 Å². The molecule has 3 rings (SSSR count).